The first-order chi connectivity index (χ1) is 5.66. The van der Waals surface area contributed by atoms with E-state index in [-0.39, 0.29) is 0 Å². The van der Waals surface area contributed by atoms with Crippen LogP contribution in [-0.4, -0.2) is 5.78 Å². The van der Waals surface area contributed by atoms with Crippen LogP contribution in [0, 0.1) is 11.8 Å². The molecular formula is C11H18O. The fourth-order valence-electron chi connectivity index (χ4n) is 1.72. The molecule has 0 bridgehead atoms. The highest BCUT2D eigenvalue weighted by atomic mass is 16.1. The van der Waals surface area contributed by atoms with Crippen molar-refractivity contribution in [2.45, 2.75) is 40.0 Å². The van der Waals surface area contributed by atoms with Crippen LogP contribution in [0.1, 0.15) is 40.0 Å². The Morgan fingerprint density at radius 2 is 2.17 bits per heavy atom. The van der Waals surface area contributed by atoms with E-state index >= 15 is 0 Å². The van der Waals surface area contributed by atoms with Crippen LogP contribution in [0.5, 0.6) is 0 Å². The first-order valence-corrected chi connectivity index (χ1v) is 4.90. The fraction of sp³-hybridized carbons (Fsp3) is 0.727. The molecule has 0 fully saturated rings. The van der Waals surface area contributed by atoms with Crippen LogP contribution in [0.2, 0.25) is 0 Å². The number of carbonyl (C=O) groups is 1. The summed E-state index contributed by atoms with van der Waals surface area (Å²) in [6.45, 7) is 6.57. The zero-order valence-corrected chi connectivity index (χ0v) is 8.26. The third-order valence-corrected chi connectivity index (χ3v) is 3.05. The maximum atomic E-state index is 11.4. The van der Waals surface area contributed by atoms with Crippen LogP contribution < -0.4 is 0 Å². The van der Waals surface area contributed by atoms with Crippen LogP contribution in [0.25, 0.3) is 0 Å². The maximum absolute atomic E-state index is 11.4. The number of rotatable bonds is 3. The van der Waals surface area contributed by atoms with Crippen molar-refractivity contribution in [3.8, 4) is 0 Å². The predicted octanol–water partition coefficient (Wildman–Crippen LogP) is 2.96. The molecule has 0 saturated carbocycles. The first-order valence-electron chi connectivity index (χ1n) is 4.90. The lowest BCUT2D eigenvalue weighted by Gasteiger charge is -2.18. The predicted molar refractivity (Wildman–Crippen MR) is 50.9 cm³/mol. The van der Waals surface area contributed by atoms with Crippen molar-refractivity contribution >= 4 is 5.78 Å². The molecule has 0 aromatic rings. The quantitative estimate of drug-likeness (QED) is 0.630. The molecule has 0 heterocycles. The van der Waals surface area contributed by atoms with E-state index in [1.54, 1.807) is 0 Å². The molecule has 0 spiro atoms. The monoisotopic (exact) mass is 166 g/mol. The molecule has 1 aliphatic rings. The second kappa shape index (κ2) is 3.88. The zero-order valence-electron chi connectivity index (χ0n) is 8.26. The van der Waals surface area contributed by atoms with Crippen molar-refractivity contribution in [3.05, 3.63) is 11.6 Å². The summed E-state index contributed by atoms with van der Waals surface area (Å²) in [6, 6.07) is 0. The Labute approximate surface area is 74.9 Å². The van der Waals surface area contributed by atoms with E-state index in [9.17, 15) is 4.79 Å². The van der Waals surface area contributed by atoms with Gasteiger partial charge in [0.15, 0.2) is 5.78 Å². The molecule has 68 valence electrons. The smallest absolute Gasteiger partial charge is 0.159 e. The molecule has 1 rings (SSSR count). The highest BCUT2D eigenvalue weighted by molar-refractivity contribution is 5.97. The van der Waals surface area contributed by atoms with Gasteiger partial charge in [-0.25, -0.2) is 0 Å². The SMILES string of the molecule is CCC(C)C(C)C1=CCCC1=O. The highest BCUT2D eigenvalue weighted by Crippen LogP contribution is 2.28. The molecule has 1 heteroatoms. The van der Waals surface area contributed by atoms with Gasteiger partial charge >= 0.3 is 0 Å². The average Bonchev–Trinajstić information content (AvgIpc) is 2.48. The van der Waals surface area contributed by atoms with Crippen LogP contribution >= 0.6 is 0 Å². The summed E-state index contributed by atoms with van der Waals surface area (Å²) < 4.78 is 0. The Kier molecular flexibility index (Phi) is 3.07. The molecule has 12 heavy (non-hydrogen) atoms. The van der Waals surface area contributed by atoms with Crippen molar-refractivity contribution in [2.24, 2.45) is 11.8 Å². The van der Waals surface area contributed by atoms with E-state index in [1.165, 1.54) is 0 Å². The highest BCUT2D eigenvalue weighted by Gasteiger charge is 2.23. The Morgan fingerprint density at radius 1 is 1.50 bits per heavy atom. The summed E-state index contributed by atoms with van der Waals surface area (Å²) in [4.78, 5) is 11.4. The molecule has 0 aromatic heterocycles. The van der Waals surface area contributed by atoms with Crippen molar-refractivity contribution in [2.75, 3.05) is 0 Å². The largest absolute Gasteiger partial charge is 0.295 e. The molecule has 0 amide bonds. The summed E-state index contributed by atoms with van der Waals surface area (Å²) in [5.41, 5.74) is 1.09. The van der Waals surface area contributed by atoms with Gasteiger partial charge in [0, 0.05) is 6.42 Å². The molecule has 0 aromatic carbocycles. The number of carbonyl (C=O) groups excluding carboxylic acids is 1. The molecule has 0 N–H and O–H groups in total. The van der Waals surface area contributed by atoms with Gasteiger partial charge in [0.25, 0.3) is 0 Å². The van der Waals surface area contributed by atoms with Crippen LogP contribution in [-0.2, 0) is 4.79 Å². The third-order valence-electron chi connectivity index (χ3n) is 3.05. The number of hydrogen-bond donors (Lipinski definition) is 0. The summed E-state index contributed by atoms with van der Waals surface area (Å²) in [7, 11) is 0. The van der Waals surface area contributed by atoms with E-state index in [0.717, 1.165) is 24.8 Å². The Bertz CT molecular complexity index is 203. The number of ketones is 1. The second-order valence-electron chi connectivity index (χ2n) is 3.80. The van der Waals surface area contributed by atoms with E-state index < -0.39 is 0 Å². The van der Waals surface area contributed by atoms with E-state index in [4.69, 9.17) is 0 Å². The minimum absolute atomic E-state index is 0.378. The summed E-state index contributed by atoms with van der Waals surface area (Å²) in [6.07, 6.45) is 5.00. The molecule has 0 radical (unpaired) electrons. The van der Waals surface area contributed by atoms with Crippen molar-refractivity contribution < 1.29 is 4.79 Å². The van der Waals surface area contributed by atoms with Crippen molar-refractivity contribution in [1.82, 2.24) is 0 Å². The van der Waals surface area contributed by atoms with Crippen molar-refractivity contribution in [1.29, 1.82) is 0 Å². The van der Waals surface area contributed by atoms with Gasteiger partial charge in [0.05, 0.1) is 0 Å². The molecule has 2 atom stereocenters. The molecule has 1 aliphatic carbocycles. The van der Waals surface area contributed by atoms with Crippen LogP contribution in [0.15, 0.2) is 11.6 Å². The average molecular weight is 166 g/mol. The van der Waals surface area contributed by atoms with Crippen molar-refractivity contribution in [3.63, 3.8) is 0 Å². The first kappa shape index (κ1) is 9.50. The summed E-state index contributed by atoms with van der Waals surface area (Å²) in [5.74, 6) is 1.48. The van der Waals surface area contributed by atoms with Crippen LogP contribution in [0.4, 0.5) is 0 Å². The minimum atomic E-state index is 0.378. The summed E-state index contributed by atoms with van der Waals surface area (Å²) in [5, 5.41) is 0. The maximum Gasteiger partial charge on any atom is 0.159 e. The summed E-state index contributed by atoms with van der Waals surface area (Å²) >= 11 is 0. The molecule has 0 saturated heterocycles. The Balaban J connectivity index is 2.63. The van der Waals surface area contributed by atoms with E-state index in [0.29, 0.717) is 17.6 Å². The number of allylic oxidation sites excluding steroid dienone is 2. The Morgan fingerprint density at radius 3 is 2.58 bits per heavy atom. The Hall–Kier alpha value is -0.590. The minimum Gasteiger partial charge on any atom is -0.295 e. The van der Waals surface area contributed by atoms with Gasteiger partial charge in [0.2, 0.25) is 0 Å². The third kappa shape index (κ3) is 1.77. The number of hydrogen-bond acceptors (Lipinski definition) is 1. The molecular weight excluding hydrogens is 148 g/mol. The molecule has 2 unspecified atom stereocenters. The van der Waals surface area contributed by atoms with Gasteiger partial charge in [-0.05, 0) is 23.8 Å². The normalized spacial score (nSPS) is 22.2. The number of Topliss-reactive ketones (excluding diaryl/α,β-unsaturated/α-hetero) is 1. The topological polar surface area (TPSA) is 17.1 Å². The van der Waals surface area contributed by atoms with Gasteiger partial charge in [0.1, 0.15) is 0 Å². The zero-order chi connectivity index (χ0) is 9.14. The molecule has 1 nitrogen and oxygen atoms in total. The lowest BCUT2D eigenvalue weighted by Crippen LogP contribution is -2.13. The van der Waals surface area contributed by atoms with Crippen LogP contribution in [0.3, 0.4) is 0 Å². The van der Waals surface area contributed by atoms with E-state index in [2.05, 4.69) is 26.8 Å². The van der Waals surface area contributed by atoms with Gasteiger partial charge in [-0.3, -0.25) is 4.79 Å². The standard InChI is InChI=1S/C11H18O/c1-4-8(2)9(3)10-6-5-7-11(10)12/h6,8-9H,4-5,7H2,1-3H3. The van der Waals surface area contributed by atoms with E-state index in [1.807, 2.05) is 0 Å². The van der Waals surface area contributed by atoms with Gasteiger partial charge in [-0.2, -0.15) is 0 Å². The van der Waals surface area contributed by atoms with Gasteiger partial charge in [-0.1, -0.05) is 33.3 Å². The fourth-order valence-corrected chi connectivity index (χ4v) is 1.72. The van der Waals surface area contributed by atoms with Gasteiger partial charge in [-0.15, -0.1) is 0 Å². The molecule has 0 aliphatic heterocycles. The lowest BCUT2D eigenvalue weighted by atomic mass is 9.86. The van der Waals surface area contributed by atoms with Gasteiger partial charge < -0.3 is 0 Å². The second-order valence-corrected chi connectivity index (χ2v) is 3.80. The lowest BCUT2D eigenvalue weighted by molar-refractivity contribution is -0.115.